The molecule has 0 heterocycles. The van der Waals surface area contributed by atoms with E-state index in [0.717, 1.165) is 0 Å². The molecule has 0 fully saturated rings. The maximum Gasteiger partial charge on any atom is 0.292 e. The summed E-state index contributed by atoms with van der Waals surface area (Å²) in [5.74, 6) is 0.271. The van der Waals surface area contributed by atoms with E-state index in [0.29, 0.717) is 12.2 Å². The number of rotatable bonds is 5. The fourth-order valence-electron chi connectivity index (χ4n) is 1.48. The summed E-state index contributed by atoms with van der Waals surface area (Å²) >= 11 is 0. The first-order valence-corrected chi connectivity index (χ1v) is 5.62. The number of nitro benzene ring substituents is 1. The molecule has 0 aliphatic carbocycles. The van der Waals surface area contributed by atoms with Gasteiger partial charge in [-0.2, -0.15) is 0 Å². The van der Waals surface area contributed by atoms with Crippen LogP contribution in [-0.4, -0.2) is 17.0 Å². The van der Waals surface area contributed by atoms with Gasteiger partial charge < -0.3 is 11.1 Å². The van der Waals surface area contributed by atoms with Crippen LogP contribution in [0, 0.1) is 16.0 Å². The molecule has 0 aliphatic rings. The molecule has 1 rings (SSSR count). The fourth-order valence-corrected chi connectivity index (χ4v) is 1.48. The van der Waals surface area contributed by atoms with Gasteiger partial charge in [-0.1, -0.05) is 26.0 Å². The molecule has 0 aliphatic heterocycles. The van der Waals surface area contributed by atoms with Gasteiger partial charge in [0, 0.05) is 18.2 Å². The van der Waals surface area contributed by atoms with Crippen molar-refractivity contribution in [1.82, 2.24) is 0 Å². The molecular formula is C12H19N3O2. The minimum atomic E-state index is -0.389. The molecule has 1 aromatic carbocycles. The van der Waals surface area contributed by atoms with Crippen molar-refractivity contribution in [2.75, 3.05) is 11.9 Å². The van der Waals surface area contributed by atoms with Crippen LogP contribution >= 0.6 is 0 Å². The summed E-state index contributed by atoms with van der Waals surface area (Å²) in [6, 6.07) is 6.61. The van der Waals surface area contributed by atoms with E-state index >= 15 is 0 Å². The predicted octanol–water partition coefficient (Wildman–Crippen LogP) is 2.38. The number of para-hydroxylation sites is 2. The van der Waals surface area contributed by atoms with Gasteiger partial charge in [0.15, 0.2) is 0 Å². The molecule has 1 atom stereocenters. The SMILES string of the molecule is CC(C)C(C)(CN)Nc1ccccc1[N+](=O)[O-]. The highest BCUT2D eigenvalue weighted by molar-refractivity contribution is 5.62. The van der Waals surface area contributed by atoms with Crippen molar-refractivity contribution in [3.05, 3.63) is 34.4 Å². The Morgan fingerprint density at radius 1 is 1.47 bits per heavy atom. The first kappa shape index (κ1) is 13.4. The number of hydrogen-bond donors (Lipinski definition) is 2. The highest BCUT2D eigenvalue weighted by Crippen LogP contribution is 2.29. The van der Waals surface area contributed by atoms with Crippen LogP contribution < -0.4 is 11.1 Å². The van der Waals surface area contributed by atoms with Crippen LogP contribution in [-0.2, 0) is 0 Å². The Hall–Kier alpha value is -1.62. The zero-order chi connectivity index (χ0) is 13.1. The van der Waals surface area contributed by atoms with Crippen LogP contribution in [0.1, 0.15) is 20.8 Å². The zero-order valence-corrected chi connectivity index (χ0v) is 10.4. The highest BCUT2D eigenvalue weighted by atomic mass is 16.6. The van der Waals surface area contributed by atoms with Gasteiger partial charge in [-0.3, -0.25) is 10.1 Å². The van der Waals surface area contributed by atoms with Crippen molar-refractivity contribution in [3.8, 4) is 0 Å². The molecule has 5 nitrogen and oxygen atoms in total. The monoisotopic (exact) mass is 237 g/mol. The fraction of sp³-hybridized carbons (Fsp3) is 0.500. The summed E-state index contributed by atoms with van der Waals surface area (Å²) in [6.45, 7) is 6.45. The van der Waals surface area contributed by atoms with Crippen molar-refractivity contribution < 1.29 is 4.92 Å². The van der Waals surface area contributed by atoms with Crippen molar-refractivity contribution in [1.29, 1.82) is 0 Å². The van der Waals surface area contributed by atoms with E-state index in [1.807, 2.05) is 20.8 Å². The van der Waals surface area contributed by atoms with Gasteiger partial charge in [-0.25, -0.2) is 0 Å². The number of nitrogens with two attached hydrogens (primary N) is 1. The third-order valence-corrected chi connectivity index (χ3v) is 3.22. The van der Waals surface area contributed by atoms with E-state index in [1.54, 1.807) is 18.2 Å². The Bertz CT molecular complexity index is 406. The van der Waals surface area contributed by atoms with E-state index in [4.69, 9.17) is 5.73 Å². The Morgan fingerprint density at radius 3 is 2.53 bits per heavy atom. The molecule has 5 heteroatoms. The maximum atomic E-state index is 10.9. The van der Waals surface area contributed by atoms with Gasteiger partial charge in [-0.15, -0.1) is 0 Å². The van der Waals surface area contributed by atoms with Gasteiger partial charge in [0.2, 0.25) is 0 Å². The first-order valence-electron chi connectivity index (χ1n) is 5.62. The molecule has 1 unspecified atom stereocenters. The quantitative estimate of drug-likeness (QED) is 0.608. The van der Waals surface area contributed by atoms with Crippen molar-refractivity contribution in [2.24, 2.45) is 11.7 Å². The van der Waals surface area contributed by atoms with Gasteiger partial charge in [0.25, 0.3) is 5.69 Å². The van der Waals surface area contributed by atoms with Crippen LogP contribution in [0.2, 0.25) is 0 Å². The lowest BCUT2D eigenvalue weighted by Gasteiger charge is -2.34. The molecule has 17 heavy (non-hydrogen) atoms. The summed E-state index contributed by atoms with van der Waals surface area (Å²) < 4.78 is 0. The van der Waals surface area contributed by atoms with Gasteiger partial charge in [0.05, 0.1) is 4.92 Å². The second-order valence-electron chi connectivity index (χ2n) is 4.68. The molecule has 0 bridgehead atoms. The van der Waals surface area contributed by atoms with Crippen molar-refractivity contribution in [2.45, 2.75) is 26.3 Å². The van der Waals surface area contributed by atoms with Gasteiger partial charge >= 0.3 is 0 Å². The molecule has 0 amide bonds. The highest BCUT2D eigenvalue weighted by Gasteiger charge is 2.28. The standard InChI is InChI=1S/C12H19N3O2/c1-9(2)12(3,8-13)14-10-6-4-5-7-11(10)15(16)17/h4-7,9,14H,8,13H2,1-3H3. The molecule has 0 spiro atoms. The van der Waals surface area contributed by atoms with Gasteiger partial charge in [-0.05, 0) is 18.9 Å². The van der Waals surface area contributed by atoms with E-state index in [-0.39, 0.29) is 22.1 Å². The van der Waals surface area contributed by atoms with E-state index in [2.05, 4.69) is 5.32 Å². The number of hydrogen-bond acceptors (Lipinski definition) is 4. The zero-order valence-electron chi connectivity index (χ0n) is 10.4. The number of anilines is 1. The predicted molar refractivity (Wildman–Crippen MR) is 69.0 cm³/mol. The van der Waals surface area contributed by atoms with Crippen LogP contribution in [0.3, 0.4) is 0 Å². The summed E-state index contributed by atoms with van der Waals surface area (Å²) in [5.41, 5.74) is 5.98. The van der Waals surface area contributed by atoms with Gasteiger partial charge in [0.1, 0.15) is 5.69 Å². The minimum absolute atomic E-state index is 0.0767. The minimum Gasteiger partial charge on any atom is -0.373 e. The maximum absolute atomic E-state index is 10.9. The molecule has 94 valence electrons. The molecular weight excluding hydrogens is 218 g/mol. The van der Waals surface area contributed by atoms with Crippen LogP contribution in [0.4, 0.5) is 11.4 Å². The molecule has 0 saturated heterocycles. The third kappa shape index (κ3) is 2.94. The molecule has 1 aromatic rings. The van der Waals surface area contributed by atoms with Crippen LogP contribution in [0.25, 0.3) is 0 Å². The number of nitro groups is 1. The smallest absolute Gasteiger partial charge is 0.292 e. The Kier molecular flexibility index (Phi) is 4.07. The first-order chi connectivity index (χ1) is 7.90. The Balaban J connectivity index is 3.06. The topological polar surface area (TPSA) is 81.2 Å². The number of nitrogens with one attached hydrogen (secondary N) is 1. The molecule has 0 aromatic heterocycles. The van der Waals surface area contributed by atoms with E-state index in [1.165, 1.54) is 6.07 Å². The molecule has 0 saturated carbocycles. The number of nitrogens with zero attached hydrogens (tertiary/aromatic N) is 1. The normalized spacial score (nSPS) is 14.4. The van der Waals surface area contributed by atoms with Crippen molar-refractivity contribution in [3.63, 3.8) is 0 Å². The average molecular weight is 237 g/mol. The van der Waals surface area contributed by atoms with Crippen molar-refractivity contribution >= 4 is 11.4 Å². The lowest BCUT2D eigenvalue weighted by molar-refractivity contribution is -0.384. The molecule has 3 N–H and O–H groups in total. The Morgan fingerprint density at radius 2 is 2.06 bits per heavy atom. The summed E-state index contributed by atoms with van der Waals surface area (Å²) in [6.07, 6.45) is 0. The summed E-state index contributed by atoms with van der Waals surface area (Å²) in [4.78, 5) is 10.5. The lowest BCUT2D eigenvalue weighted by Crippen LogP contribution is -2.47. The number of benzene rings is 1. The molecule has 0 radical (unpaired) electrons. The second kappa shape index (κ2) is 5.14. The summed E-state index contributed by atoms with van der Waals surface area (Å²) in [5, 5.41) is 14.1. The van der Waals surface area contributed by atoms with E-state index in [9.17, 15) is 10.1 Å². The largest absolute Gasteiger partial charge is 0.373 e. The lowest BCUT2D eigenvalue weighted by atomic mass is 9.88. The average Bonchev–Trinajstić information content (AvgIpc) is 2.29. The van der Waals surface area contributed by atoms with Crippen LogP contribution in [0.15, 0.2) is 24.3 Å². The van der Waals surface area contributed by atoms with Crippen LogP contribution in [0.5, 0.6) is 0 Å². The Labute approximate surface area is 101 Å². The van der Waals surface area contributed by atoms with E-state index < -0.39 is 0 Å². The second-order valence-corrected chi connectivity index (χ2v) is 4.68. The summed E-state index contributed by atoms with van der Waals surface area (Å²) in [7, 11) is 0. The third-order valence-electron chi connectivity index (χ3n) is 3.22.